The topological polar surface area (TPSA) is 35.5 Å². The summed E-state index contributed by atoms with van der Waals surface area (Å²) >= 11 is 0. The first-order valence-electron chi connectivity index (χ1n) is 15.6. The lowest BCUT2D eigenvalue weighted by Gasteiger charge is -2.60. The zero-order chi connectivity index (χ0) is 22.5. The molecule has 188 valence electrons. The van der Waals surface area contributed by atoms with Crippen LogP contribution in [-0.4, -0.2) is 41.2 Å². The van der Waals surface area contributed by atoms with Gasteiger partial charge in [0, 0.05) is 24.2 Å². The smallest absolute Gasteiger partial charge is 0.157 e. The van der Waals surface area contributed by atoms with Gasteiger partial charge in [-0.15, -0.1) is 0 Å². The molecule has 0 amide bonds. The Morgan fingerprint density at radius 2 is 0.939 bits per heavy atom. The highest BCUT2D eigenvalue weighted by Gasteiger charge is 2.58. The van der Waals surface area contributed by atoms with Crippen molar-refractivity contribution in [1.29, 1.82) is 0 Å². The molecule has 3 nitrogen and oxygen atoms in total. The van der Waals surface area contributed by atoms with Crippen LogP contribution in [0, 0.1) is 0 Å². The Morgan fingerprint density at radius 1 is 0.485 bits per heavy atom. The zero-order valence-electron chi connectivity index (χ0n) is 21.6. The standard InChI is InChI=1S/C29H53BN2O/c33-32-27-21-15-9-3-6-12-18-24(27)30-23-17-11-5-1-2-7-13-19-25(23)31-26-20-14-8-4-10-16-22-28(32)29(26)30/h23-29,31,33H,1-22H2. The van der Waals surface area contributed by atoms with E-state index in [1.54, 1.807) is 0 Å². The number of hydrogen-bond acceptors (Lipinski definition) is 3. The molecule has 5 aliphatic rings. The highest BCUT2D eigenvalue weighted by molar-refractivity contribution is 6.65. The van der Waals surface area contributed by atoms with Crippen LogP contribution in [0.1, 0.15) is 141 Å². The molecule has 0 aromatic heterocycles. The second-order valence-corrected chi connectivity index (χ2v) is 12.8. The van der Waals surface area contributed by atoms with Crippen LogP contribution in [0.15, 0.2) is 0 Å². The van der Waals surface area contributed by atoms with E-state index in [-0.39, 0.29) is 0 Å². The van der Waals surface area contributed by atoms with Crippen molar-refractivity contribution < 1.29 is 5.21 Å². The Kier molecular flexibility index (Phi) is 9.15. The third-order valence-electron chi connectivity index (χ3n) is 10.8. The van der Waals surface area contributed by atoms with Crippen LogP contribution >= 0.6 is 0 Å². The minimum atomic E-state index is 0.406. The number of nitrogens with zero attached hydrogens (tertiary/aromatic N) is 1. The molecule has 0 radical (unpaired) electrons. The van der Waals surface area contributed by atoms with Gasteiger partial charge < -0.3 is 10.5 Å². The van der Waals surface area contributed by atoms with Gasteiger partial charge in [-0.25, -0.2) is 0 Å². The summed E-state index contributed by atoms with van der Waals surface area (Å²) < 4.78 is 0. The Morgan fingerprint density at radius 3 is 1.58 bits per heavy atom. The van der Waals surface area contributed by atoms with Crippen molar-refractivity contribution >= 4 is 6.71 Å². The van der Waals surface area contributed by atoms with Gasteiger partial charge in [0.2, 0.25) is 0 Å². The average molecular weight is 457 g/mol. The number of hydroxylamine groups is 2. The summed E-state index contributed by atoms with van der Waals surface area (Å²) in [6.07, 6.45) is 30.6. The predicted molar refractivity (Wildman–Crippen MR) is 140 cm³/mol. The van der Waals surface area contributed by atoms with Gasteiger partial charge >= 0.3 is 0 Å². The van der Waals surface area contributed by atoms with E-state index >= 15 is 0 Å². The molecule has 33 heavy (non-hydrogen) atoms. The molecule has 2 aliphatic heterocycles. The average Bonchev–Trinajstić information content (AvgIpc) is 2.95. The quantitative estimate of drug-likeness (QED) is 0.363. The van der Waals surface area contributed by atoms with E-state index in [1.165, 1.54) is 141 Å². The molecule has 0 spiro atoms. The van der Waals surface area contributed by atoms with Crippen LogP contribution in [0.5, 0.6) is 0 Å². The van der Waals surface area contributed by atoms with E-state index in [9.17, 15) is 5.21 Å². The van der Waals surface area contributed by atoms with E-state index in [1.807, 2.05) is 5.06 Å². The maximum Gasteiger partial charge on any atom is 0.157 e. The molecule has 5 rings (SSSR count). The summed E-state index contributed by atoms with van der Waals surface area (Å²) in [5.41, 5.74) is 0. The van der Waals surface area contributed by atoms with Gasteiger partial charge in [0.15, 0.2) is 6.71 Å². The highest BCUT2D eigenvalue weighted by atomic mass is 16.5. The molecule has 2 heterocycles. The Bertz CT molecular complexity index is 588. The molecule has 0 bridgehead atoms. The zero-order valence-corrected chi connectivity index (χ0v) is 21.6. The summed E-state index contributed by atoms with van der Waals surface area (Å²) in [6, 6.07) is 2.23. The van der Waals surface area contributed by atoms with Crippen molar-refractivity contribution in [3.63, 3.8) is 0 Å². The van der Waals surface area contributed by atoms with Crippen molar-refractivity contribution in [2.24, 2.45) is 0 Å². The summed E-state index contributed by atoms with van der Waals surface area (Å²) in [6.45, 7) is 0.858. The Balaban J connectivity index is 1.50. The lowest BCUT2D eigenvalue weighted by Crippen LogP contribution is -2.68. The first-order valence-corrected chi connectivity index (χ1v) is 15.6. The SMILES string of the molecule is ON1C2CCCCCCCC2B2C3CCCCCCCCC3NC3CCCCCCCC1C23. The summed E-state index contributed by atoms with van der Waals surface area (Å²) in [4.78, 5) is 0. The molecule has 0 aromatic rings. The molecular formula is C29H53BN2O. The second-order valence-electron chi connectivity index (χ2n) is 12.8. The van der Waals surface area contributed by atoms with Gasteiger partial charge in [0.05, 0.1) is 0 Å². The van der Waals surface area contributed by atoms with Crippen molar-refractivity contribution in [2.75, 3.05) is 0 Å². The highest BCUT2D eigenvalue weighted by Crippen LogP contribution is 2.55. The molecule has 4 heteroatoms. The van der Waals surface area contributed by atoms with Crippen molar-refractivity contribution in [3.8, 4) is 0 Å². The van der Waals surface area contributed by atoms with Crippen LogP contribution in [0.3, 0.4) is 0 Å². The first-order chi connectivity index (χ1) is 16.3. The fraction of sp³-hybridized carbons (Fsp3) is 1.00. The summed E-state index contributed by atoms with van der Waals surface area (Å²) in [5, 5.41) is 18.2. The monoisotopic (exact) mass is 456 g/mol. The Hall–Kier alpha value is -0.0551. The maximum atomic E-state index is 11.8. The van der Waals surface area contributed by atoms with Crippen molar-refractivity contribution in [2.45, 2.75) is 183 Å². The van der Waals surface area contributed by atoms with E-state index in [2.05, 4.69) is 5.32 Å². The van der Waals surface area contributed by atoms with Gasteiger partial charge in [0.1, 0.15) is 0 Å². The lowest BCUT2D eigenvalue weighted by atomic mass is 9.20. The minimum absolute atomic E-state index is 0.406. The van der Waals surface area contributed by atoms with Crippen LogP contribution in [0.2, 0.25) is 17.5 Å². The molecule has 7 unspecified atom stereocenters. The third kappa shape index (κ3) is 5.69. The number of hydrogen-bond donors (Lipinski definition) is 2. The van der Waals surface area contributed by atoms with Crippen molar-refractivity contribution in [3.05, 3.63) is 0 Å². The third-order valence-corrected chi connectivity index (χ3v) is 10.8. The van der Waals surface area contributed by atoms with Gasteiger partial charge in [-0.1, -0.05) is 116 Å². The largest absolute Gasteiger partial charge is 0.313 e. The normalized spacial score (nSPS) is 42.5. The minimum Gasteiger partial charge on any atom is -0.313 e. The van der Waals surface area contributed by atoms with Crippen LogP contribution in [-0.2, 0) is 0 Å². The molecule has 7 atom stereocenters. The molecule has 0 aromatic carbocycles. The molecule has 3 saturated carbocycles. The molecule has 2 saturated heterocycles. The molecule has 3 aliphatic carbocycles. The van der Waals surface area contributed by atoms with E-state index < -0.39 is 0 Å². The number of fused-ring (bicyclic) bond motifs is 4. The van der Waals surface area contributed by atoms with Crippen LogP contribution in [0.4, 0.5) is 0 Å². The van der Waals surface area contributed by atoms with Gasteiger partial charge in [-0.05, 0) is 43.1 Å². The van der Waals surface area contributed by atoms with Gasteiger partial charge in [-0.3, -0.25) is 0 Å². The van der Waals surface area contributed by atoms with Crippen molar-refractivity contribution in [1.82, 2.24) is 10.4 Å². The van der Waals surface area contributed by atoms with Crippen LogP contribution in [0.25, 0.3) is 0 Å². The lowest BCUT2D eigenvalue weighted by molar-refractivity contribution is -0.177. The fourth-order valence-electron chi connectivity index (χ4n) is 9.32. The van der Waals surface area contributed by atoms with Crippen LogP contribution < -0.4 is 5.32 Å². The van der Waals surface area contributed by atoms with E-state index in [0.29, 0.717) is 23.9 Å². The summed E-state index contributed by atoms with van der Waals surface area (Å²) in [5.74, 6) is 2.27. The molecule has 2 N–H and O–H groups in total. The maximum absolute atomic E-state index is 11.8. The van der Waals surface area contributed by atoms with Gasteiger partial charge in [-0.2, -0.15) is 5.06 Å². The fourth-order valence-corrected chi connectivity index (χ4v) is 9.32. The molecule has 5 fully saturated rings. The summed E-state index contributed by atoms with van der Waals surface area (Å²) in [7, 11) is 0. The van der Waals surface area contributed by atoms with Gasteiger partial charge in [0.25, 0.3) is 0 Å². The second kappa shape index (κ2) is 12.3. The van der Waals surface area contributed by atoms with E-state index in [4.69, 9.17) is 0 Å². The Labute approximate surface area is 205 Å². The predicted octanol–water partition coefficient (Wildman–Crippen LogP) is 8.00. The molecular weight excluding hydrogens is 403 g/mol. The number of rotatable bonds is 0. The van der Waals surface area contributed by atoms with E-state index in [0.717, 1.165) is 24.4 Å². The first kappa shape index (κ1) is 24.6. The number of nitrogens with one attached hydrogen (secondary N) is 1.